The number of amides is 1. The second-order valence-electron chi connectivity index (χ2n) is 6.83. The minimum Gasteiger partial charge on any atom is -0.449 e. The predicted octanol–water partition coefficient (Wildman–Crippen LogP) is 3.51. The Bertz CT molecular complexity index is 1090. The van der Waals surface area contributed by atoms with Gasteiger partial charge in [-0.15, -0.1) is 0 Å². The molecule has 4 rings (SSSR count). The number of aromatic nitrogens is 1. The average molecular weight is 387 g/mol. The van der Waals surface area contributed by atoms with Gasteiger partial charge in [-0.25, -0.2) is 4.79 Å². The van der Waals surface area contributed by atoms with E-state index in [0.29, 0.717) is 6.54 Å². The number of rotatable bonds is 5. The van der Waals surface area contributed by atoms with Crippen LogP contribution < -0.4 is 16.6 Å². The lowest BCUT2D eigenvalue weighted by Gasteiger charge is -2.14. The molecule has 3 aromatic rings. The summed E-state index contributed by atoms with van der Waals surface area (Å²) in [5, 5.41) is 2.70. The van der Waals surface area contributed by atoms with Gasteiger partial charge in [0.15, 0.2) is 0 Å². The Balaban J connectivity index is 1.34. The van der Waals surface area contributed by atoms with E-state index in [1.807, 2.05) is 24.3 Å². The van der Waals surface area contributed by atoms with Crippen molar-refractivity contribution < 1.29 is 9.53 Å². The topological polar surface area (TPSA) is 97.2 Å². The Labute approximate surface area is 168 Å². The van der Waals surface area contributed by atoms with Crippen LogP contribution in [0.5, 0.6) is 0 Å². The maximum Gasteiger partial charge on any atom is 0.407 e. The molecule has 1 amide bonds. The van der Waals surface area contributed by atoms with Crippen LogP contribution in [-0.4, -0.2) is 24.2 Å². The molecule has 1 aromatic heterocycles. The lowest BCUT2D eigenvalue weighted by molar-refractivity contribution is 0.144. The summed E-state index contributed by atoms with van der Waals surface area (Å²) >= 11 is 0. The van der Waals surface area contributed by atoms with Gasteiger partial charge in [0.25, 0.3) is 5.56 Å². The number of ether oxygens (including phenoxy) is 1. The van der Waals surface area contributed by atoms with Crippen LogP contribution in [0.1, 0.15) is 22.6 Å². The van der Waals surface area contributed by atoms with Crippen molar-refractivity contribution in [1.82, 2.24) is 10.3 Å². The van der Waals surface area contributed by atoms with Crippen LogP contribution in [0.4, 0.5) is 10.5 Å². The van der Waals surface area contributed by atoms with Gasteiger partial charge in [0.1, 0.15) is 6.61 Å². The minimum absolute atomic E-state index is 0.0350. The summed E-state index contributed by atoms with van der Waals surface area (Å²) in [6.45, 7) is 0.579. The van der Waals surface area contributed by atoms with E-state index < -0.39 is 6.09 Å². The van der Waals surface area contributed by atoms with Crippen LogP contribution in [0.25, 0.3) is 17.2 Å². The Hall–Kier alpha value is -3.80. The molecule has 0 fully saturated rings. The van der Waals surface area contributed by atoms with Crippen LogP contribution >= 0.6 is 0 Å². The number of fused-ring (bicyclic) bond motifs is 3. The molecule has 0 saturated carbocycles. The van der Waals surface area contributed by atoms with Gasteiger partial charge in [0.05, 0.1) is 5.69 Å². The second kappa shape index (κ2) is 8.06. The van der Waals surface area contributed by atoms with E-state index in [9.17, 15) is 9.59 Å². The summed E-state index contributed by atoms with van der Waals surface area (Å²) < 4.78 is 5.48. The minimum atomic E-state index is -0.475. The molecule has 0 unspecified atom stereocenters. The lowest BCUT2D eigenvalue weighted by Crippen LogP contribution is -2.26. The van der Waals surface area contributed by atoms with Crippen LogP contribution in [0.2, 0.25) is 0 Å². The molecular formula is C23H21N3O3. The van der Waals surface area contributed by atoms with Crippen molar-refractivity contribution in [1.29, 1.82) is 0 Å². The van der Waals surface area contributed by atoms with Crippen molar-refractivity contribution in [3.05, 3.63) is 93.9 Å². The van der Waals surface area contributed by atoms with Crippen LogP contribution in [0, 0.1) is 0 Å². The first-order valence-electron chi connectivity index (χ1n) is 9.37. The van der Waals surface area contributed by atoms with Crippen LogP contribution in [-0.2, 0) is 4.74 Å². The molecule has 4 N–H and O–H groups in total. The van der Waals surface area contributed by atoms with Gasteiger partial charge >= 0.3 is 6.09 Å². The Kier molecular flexibility index (Phi) is 5.16. The van der Waals surface area contributed by atoms with Crippen molar-refractivity contribution in [2.45, 2.75) is 5.92 Å². The molecule has 29 heavy (non-hydrogen) atoms. The summed E-state index contributed by atoms with van der Waals surface area (Å²) in [6, 6.07) is 18.0. The molecule has 1 heterocycles. The van der Waals surface area contributed by atoms with Gasteiger partial charge < -0.3 is 20.8 Å². The molecule has 0 spiro atoms. The van der Waals surface area contributed by atoms with E-state index in [1.165, 1.54) is 22.3 Å². The van der Waals surface area contributed by atoms with Crippen molar-refractivity contribution in [2.24, 2.45) is 0 Å². The van der Waals surface area contributed by atoms with Gasteiger partial charge in [-0.3, -0.25) is 4.79 Å². The van der Waals surface area contributed by atoms with Gasteiger partial charge in [0.2, 0.25) is 0 Å². The van der Waals surface area contributed by atoms with Crippen molar-refractivity contribution in [3.63, 3.8) is 0 Å². The molecular weight excluding hydrogens is 366 g/mol. The molecule has 6 nitrogen and oxygen atoms in total. The van der Waals surface area contributed by atoms with E-state index in [0.717, 1.165) is 5.56 Å². The number of H-pyrrole nitrogens is 1. The molecule has 0 radical (unpaired) electrons. The fourth-order valence-corrected chi connectivity index (χ4v) is 3.60. The number of carbonyl (C=O) groups is 1. The molecule has 0 bridgehead atoms. The highest BCUT2D eigenvalue weighted by Gasteiger charge is 2.28. The van der Waals surface area contributed by atoms with Crippen LogP contribution in [0.3, 0.4) is 0 Å². The maximum absolute atomic E-state index is 12.1. The van der Waals surface area contributed by atoms with Crippen molar-refractivity contribution in [3.8, 4) is 11.1 Å². The third-order valence-corrected chi connectivity index (χ3v) is 4.97. The molecule has 1 aliphatic rings. The number of hydrogen-bond acceptors (Lipinski definition) is 4. The summed E-state index contributed by atoms with van der Waals surface area (Å²) in [4.78, 5) is 25.9. The third-order valence-electron chi connectivity index (χ3n) is 4.97. The Morgan fingerprint density at radius 2 is 1.76 bits per heavy atom. The predicted molar refractivity (Wildman–Crippen MR) is 114 cm³/mol. The zero-order valence-electron chi connectivity index (χ0n) is 15.7. The normalized spacial score (nSPS) is 12.6. The summed E-state index contributed by atoms with van der Waals surface area (Å²) in [7, 11) is 0. The fraction of sp³-hybridized carbons (Fsp3) is 0.130. The number of aromatic amines is 1. The van der Waals surface area contributed by atoms with Gasteiger partial charge in [-0.2, -0.15) is 0 Å². The molecule has 0 aliphatic heterocycles. The smallest absolute Gasteiger partial charge is 0.407 e. The first kappa shape index (κ1) is 18.6. The first-order valence-corrected chi connectivity index (χ1v) is 9.37. The zero-order valence-corrected chi connectivity index (χ0v) is 15.7. The number of hydrogen-bond donors (Lipinski definition) is 3. The first-order chi connectivity index (χ1) is 14.1. The van der Waals surface area contributed by atoms with E-state index >= 15 is 0 Å². The molecule has 146 valence electrons. The van der Waals surface area contributed by atoms with Crippen molar-refractivity contribution >= 4 is 17.9 Å². The van der Waals surface area contributed by atoms with E-state index in [2.05, 4.69) is 34.6 Å². The molecule has 1 aliphatic carbocycles. The van der Waals surface area contributed by atoms with Gasteiger partial charge in [0, 0.05) is 18.7 Å². The highest BCUT2D eigenvalue weighted by molar-refractivity contribution is 5.79. The van der Waals surface area contributed by atoms with Gasteiger partial charge in [-0.1, -0.05) is 60.7 Å². The average Bonchev–Trinajstić information content (AvgIpc) is 3.06. The number of nitrogen functional groups attached to an aromatic ring is 1. The van der Waals surface area contributed by atoms with E-state index in [-0.39, 0.29) is 23.8 Å². The van der Waals surface area contributed by atoms with Crippen LogP contribution in [0.15, 0.2) is 71.7 Å². The van der Waals surface area contributed by atoms with E-state index in [4.69, 9.17) is 10.5 Å². The quantitative estimate of drug-likeness (QED) is 0.624. The SMILES string of the molecule is Nc1cc(C=CCNC(=O)OCC2c3ccccc3-c3ccccc32)c[nH]c1=O. The maximum atomic E-state index is 12.1. The molecule has 2 aromatic carbocycles. The number of benzene rings is 2. The Morgan fingerprint density at radius 1 is 1.10 bits per heavy atom. The zero-order chi connectivity index (χ0) is 20.2. The fourth-order valence-electron chi connectivity index (χ4n) is 3.60. The molecule has 0 saturated heterocycles. The van der Waals surface area contributed by atoms with E-state index in [1.54, 1.807) is 24.4 Å². The number of carbonyl (C=O) groups excluding carboxylic acids is 1. The number of alkyl carbamates (subject to hydrolysis) is 1. The van der Waals surface area contributed by atoms with Crippen molar-refractivity contribution in [2.75, 3.05) is 18.9 Å². The summed E-state index contributed by atoms with van der Waals surface area (Å²) in [5.41, 5.74) is 10.9. The molecule has 6 heteroatoms. The highest BCUT2D eigenvalue weighted by atomic mass is 16.5. The Morgan fingerprint density at radius 3 is 2.41 bits per heavy atom. The molecule has 0 atom stereocenters. The third kappa shape index (κ3) is 3.91. The number of anilines is 1. The summed E-state index contributed by atoms with van der Waals surface area (Å²) in [6.07, 6.45) is 4.60. The summed E-state index contributed by atoms with van der Waals surface area (Å²) in [5.74, 6) is 0.0350. The monoisotopic (exact) mass is 387 g/mol. The lowest BCUT2D eigenvalue weighted by atomic mass is 9.98. The number of nitrogens with two attached hydrogens (primary N) is 1. The largest absolute Gasteiger partial charge is 0.449 e. The standard InChI is InChI=1S/C23H21N3O3/c24-21-12-15(13-26-22(21)27)6-5-11-25-23(28)29-14-20-18-9-3-1-7-16(18)17-8-2-4-10-19(17)20/h1-10,12-13,20H,11,14,24H2,(H,25,28)(H,26,27). The second-order valence-corrected chi connectivity index (χ2v) is 6.83. The van der Waals surface area contributed by atoms with Gasteiger partial charge in [-0.05, 0) is 33.9 Å². The number of nitrogens with one attached hydrogen (secondary N) is 2. The highest BCUT2D eigenvalue weighted by Crippen LogP contribution is 2.44. The number of pyridine rings is 1.